The number of nitrogens with one attached hydrogen (secondary N) is 1. The number of aromatic nitrogens is 1. The van der Waals surface area contributed by atoms with Crippen LogP contribution in [-0.4, -0.2) is 30.9 Å². The van der Waals surface area contributed by atoms with E-state index in [1.165, 1.54) is 12.3 Å². The maximum absolute atomic E-state index is 12.1. The highest BCUT2D eigenvalue weighted by Gasteiger charge is 2.25. The van der Waals surface area contributed by atoms with Crippen LogP contribution in [0.5, 0.6) is 0 Å². The van der Waals surface area contributed by atoms with Crippen LogP contribution in [0.15, 0.2) is 21.6 Å². The number of hydrogen-bond donors (Lipinski definition) is 2. The molecule has 0 amide bonds. The summed E-state index contributed by atoms with van der Waals surface area (Å²) in [5.41, 5.74) is 5.59. The second-order valence-electron chi connectivity index (χ2n) is 3.72. The van der Waals surface area contributed by atoms with Gasteiger partial charge in [0.15, 0.2) is 0 Å². The first-order chi connectivity index (χ1) is 7.99. The molecule has 1 aliphatic rings. The molecule has 0 aliphatic carbocycles. The van der Waals surface area contributed by atoms with Crippen molar-refractivity contribution in [1.82, 2.24) is 9.71 Å². The quantitative estimate of drug-likeness (QED) is 0.865. The van der Waals surface area contributed by atoms with E-state index in [-0.39, 0.29) is 16.8 Å². The van der Waals surface area contributed by atoms with E-state index < -0.39 is 10.0 Å². The molecular weight excluding hydrogens is 326 g/mol. The number of pyridine rings is 1. The van der Waals surface area contributed by atoms with Crippen molar-refractivity contribution in [2.24, 2.45) is 0 Å². The van der Waals surface area contributed by atoms with Gasteiger partial charge in [0.2, 0.25) is 10.0 Å². The van der Waals surface area contributed by atoms with Crippen molar-refractivity contribution < 1.29 is 8.42 Å². The van der Waals surface area contributed by atoms with Crippen LogP contribution >= 0.6 is 27.7 Å². The molecule has 0 aromatic carbocycles. The van der Waals surface area contributed by atoms with Crippen LogP contribution in [-0.2, 0) is 10.0 Å². The minimum atomic E-state index is -3.58. The maximum atomic E-state index is 12.1. The minimum absolute atomic E-state index is 0.0108. The van der Waals surface area contributed by atoms with Gasteiger partial charge < -0.3 is 5.73 Å². The highest BCUT2D eigenvalue weighted by Crippen LogP contribution is 2.23. The number of nitrogens with two attached hydrogens (primary N) is 1. The summed E-state index contributed by atoms with van der Waals surface area (Å²) in [7, 11) is -3.58. The predicted molar refractivity (Wildman–Crippen MR) is 72.4 cm³/mol. The van der Waals surface area contributed by atoms with E-state index in [1.807, 2.05) is 0 Å². The molecule has 1 aromatic rings. The Morgan fingerprint density at radius 2 is 2.35 bits per heavy atom. The smallest absolute Gasteiger partial charge is 0.244 e. The zero-order valence-electron chi connectivity index (χ0n) is 8.89. The van der Waals surface area contributed by atoms with Gasteiger partial charge in [-0.15, -0.1) is 0 Å². The van der Waals surface area contributed by atoms with E-state index >= 15 is 0 Å². The summed E-state index contributed by atoms with van der Waals surface area (Å²) in [4.78, 5) is 3.86. The van der Waals surface area contributed by atoms with Crippen molar-refractivity contribution in [1.29, 1.82) is 0 Å². The molecule has 1 aromatic heterocycles. The summed E-state index contributed by atoms with van der Waals surface area (Å²) in [5, 5.41) is 0. The summed E-state index contributed by atoms with van der Waals surface area (Å²) in [5.74, 6) is 1.81. The Hall–Kier alpha value is -0.310. The predicted octanol–water partition coefficient (Wildman–Crippen LogP) is 1.21. The summed E-state index contributed by atoms with van der Waals surface area (Å²) in [6.07, 6.45) is 2.32. The number of nitrogen functional groups attached to an aromatic ring is 1. The molecule has 1 unspecified atom stereocenters. The van der Waals surface area contributed by atoms with E-state index in [0.717, 1.165) is 17.9 Å². The largest absolute Gasteiger partial charge is 0.383 e. The highest BCUT2D eigenvalue weighted by molar-refractivity contribution is 9.10. The molecule has 0 saturated carbocycles. The third kappa shape index (κ3) is 3.12. The van der Waals surface area contributed by atoms with Crippen molar-refractivity contribution in [3.63, 3.8) is 0 Å². The van der Waals surface area contributed by atoms with Crippen LogP contribution in [0, 0.1) is 0 Å². The number of rotatable bonds is 3. The molecular formula is C9H12BrN3O2S2. The fourth-order valence-corrected chi connectivity index (χ4v) is 4.67. The molecule has 3 N–H and O–H groups in total. The molecule has 94 valence electrons. The second kappa shape index (κ2) is 5.13. The minimum Gasteiger partial charge on any atom is -0.383 e. The van der Waals surface area contributed by atoms with E-state index in [0.29, 0.717) is 4.47 Å². The van der Waals surface area contributed by atoms with Gasteiger partial charge in [0.05, 0.1) is 0 Å². The first-order valence-electron chi connectivity index (χ1n) is 5.00. The Labute approximate surface area is 113 Å². The second-order valence-corrected chi connectivity index (χ2v) is 7.47. The zero-order valence-corrected chi connectivity index (χ0v) is 12.1. The Kier molecular flexibility index (Phi) is 3.96. The SMILES string of the molecule is Nc1ncc(Br)cc1S(=O)(=O)NC1CCSC1. The average Bonchev–Trinajstić information content (AvgIpc) is 2.73. The lowest BCUT2D eigenvalue weighted by Gasteiger charge is -2.13. The van der Waals surface area contributed by atoms with E-state index in [1.54, 1.807) is 11.8 Å². The monoisotopic (exact) mass is 337 g/mol. The van der Waals surface area contributed by atoms with Crippen LogP contribution in [0.2, 0.25) is 0 Å². The van der Waals surface area contributed by atoms with E-state index in [2.05, 4.69) is 25.6 Å². The Morgan fingerprint density at radius 1 is 1.59 bits per heavy atom. The van der Waals surface area contributed by atoms with Gasteiger partial charge >= 0.3 is 0 Å². The third-order valence-electron chi connectivity index (χ3n) is 2.39. The van der Waals surface area contributed by atoms with Crippen molar-refractivity contribution >= 4 is 43.5 Å². The average molecular weight is 338 g/mol. The number of hydrogen-bond acceptors (Lipinski definition) is 5. The van der Waals surface area contributed by atoms with Crippen molar-refractivity contribution in [3.8, 4) is 0 Å². The normalized spacial score (nSPS) is 20.6. The molecule has 1 fully saturated rings. The number of nitrogens with zero attached hydrogens (tertiary/aromatic N) is 1. The van der Waals surface area contributed by atoms with Crippen LogP contribution in [0.4, 0.5) is 5.82 Å². The molecule has 17 heavy (non-hydrogen) atoms. The van der Waals surface area contributed by atoms with E-state index in [4.69, 9.17) is 5.73 Å². The molecule has 1 aliphatic heterocycles. The van der Waals surface area contributed by atoms with Gasteiger partial charge in [0, 0.05) is 22.5 Å². The fraction of sp³-hybridized carbons (Fsp3) is 0.444. The lowest BCUT2D eigenvalue weighted by molar-refractivity contribution is 0.563. The molecule has 0 spiro atoms. The van der Waals surface area contributed by atoms with Gasteiger partial charge in [0.25, 0.3) is 0 Å². The van der Waals surface area contributed by atoms with Gasteiger partial charge in [0.1, 0.15) is 10.7 Å². The van der Waals surface area contributed by atoms with Crippen LogP contribution in [0.3, 0.4) is 0 Å². The summed E-state index contributed by atoms with van der Waals surface area (Å²) in [6.45, 7) is 0. The maximum Gasteiger partial charge on any atom is 0.244 e. The molecule has 2 rings (SSSR count). The number of halogens is 1. The Morgan fingerprint density at radius 3 is 3.00 bits per heavy atom. The fourth-order valence-electron chi connectivity index (χ4n) is 1.56. The lowest BCUT2D eigenvalue weighted by atomic mass is 10.3. The molecule has 8 heteroatoms. The molecule has 1 saturated heterocycles. The topological polar surface area (TPSA) is 85.1 Å². The molecule has 2 heterocycles. The number of sulfonamides is 1. The Bertz CT molecular complexity index is 515. The van der Waals surface area contributed by atoms with Gasteiger partial charge in [-0.05, 0) is 34.2 Å². The lowest BCUT2D eigenvalue weighted by Crippen LogP contribution is -2.35. The van der Waals surface area contributed by atoms with Gasteiger partial charge in [-0.3, -0.25) is 0 Å². The van der Waals surface area contributed by atoms with Gasteiger partial charge in [-0.25, -0.2) is 18.1 Å². The standard InChI is InChI=1S/C9H12BrN3O2S2/c10-6-3-8(9(11)12-4-6)17(14,15)13-7-1-2-16-5-7/h3-4,7,13H,1-2,5H2,(H2,11,12). The molecule has 0 bridgehead atoms. The zero-order chi connectivity index (χ0) is 12.5. The highest BCUT2D eigenvalue weighted by atomic mass is 79.9. The first-order valence-corrected chi connectivity index (χ1v) is 8.43. The van der Waals surface area contributed by atoms with Gasteiger partial charge in [-0.2, -0.15) is 11.8 Å². The van der Waals surface area contributed by atoms with Gasteiger partial charge in [-0.1, -0.05) is 0 Å². The molecule has 0 radical (unpaired) electrons. The Balaban J connectivity index is 2.27. The summed E-state index contributed by atoms with van der Waals surface area (Å²) >= 11 is 4.93. The molecule has 1 atom stereocenters. The third-order valence-corrected chi connectivity index (χ3v) is 5.54. The molecule has 5 nitrogen and oxygen atoms in total. The summed E-state index contributed by atoms with van der Waals surface area (Å²) in [6, 6.07) is 1.45. The van der Waals surface area contributed by atoms with Crippen LogP contribution in [0.1, 0.15) is 6.42 Å². The van der Waals surface area contributed by atoms with Crippen molar-refractivity contribution in [3.05, 3.63) is 16.7 Å². The van der Waals surface area contributed by atoms with Crippen molar-refractivity contribution in [2.45, 2.75) is 17.4 Å². The number of anilines is 1. The van der Waals surface area contributed by atoms with Crippen molar-refractivity contribution in [2.75, 3.05) is 17.2 Å². The van der Waals surface area contributed by atoms with E-state index in [9.17, 15) is 8.42 Å². The van der Waals surface area contributed by atoms with Crippen LogP contribution < -0.4 is 10.5 Å². The summed E-state index contributed by atoms with van der Waals surface area (Å²) < 4.78 is 27.4. The first kappa shape index (κ1) is 13.1. The van der Waals surface area contributed by atoms with Crippen LogP contribution in [0.25, 0.3) is 0 Å². The number of thioether (sulfide) groups is 1.